The smallest absolute Gasteiger partial charge is 0.259 e. The molecule has 4 aromatic carbocycles. The number of nitrogens with zero attached hydrogens (tertiary/aromatic N) is 2. The highest BCUT2D eigenvalue weighted by Gasteiger charge is 2.36. The van der Waals surface area contributed by atoms with Crippen LogP contribution in [0.15, 0.2) is 91.0 Å². The van der Waals surface area contributed by atoms with E-state index >= 15 is 0 Å². The number of rotatable bonds is 10. The Hall–Kier alpha value is -4.16. The van der Waals surface area contributed by atoms with Crippen molar-refractivity contribution in [3.63, 3.8) is 0 Å². The van der Waals surface area contributed by atoms with Gasteiger partial charge < -0.3 is 10.2 Å². The lowest BCUT2D eigenvalue weighted by Gasteiger charge is -2.33. The Labute approximate surface area is 239 Å². The zero-order valence-corrected chi connectivity index (χ0v) is 23.4. The molecule has 1 N–H and O–H groups in total. The molecule has 1 heterocycles. The molecule has 1 atom stereocenters. The maximum atomic E-state index is 14.2. The Balaban J connectivity index is 1.51. The number of benzene rings is 4. The Morgan fingerprint density at radius 2 is 1.60 bits per heavy atom. The maximum absolute atomic E-state index is 14.2. The van der Waals surface area contributed by atoms with Crippen molar-refractivity contribution in [2.75, 3.05) is 18.0 Å². The topological polar surface area (TPSA) is 69.7 Å². The van der Waals surface area contributed by atoms with Gasteiger partial charge >= 0.3 is 0 Å². The average molecular weight is 554 g/mol. The molecule has 0 saturated heterocycles. The zero-order valence-electron chi connectivity index (χ0n) is 22.6. The van der Waals surface area contributed by atoms with Gasteiger partial charge in [0, 0.05) is 35.5 Å². The van der Waals surface area contributed by atoms with Crippen molar-refractivity contribution in [1.82, 2.24) is 10.2 Å². The van der Waals surface area contributed by atoms with Crippen LogP contribution in [0.4, 0.5) is 5.69 Å². The standard InChI is InChI=1S/C33H32ClN3O3/c1-22(2)19-35-32(39)29(18-23-10-4-3-5-11-23)36(20-25-12-6-7-16-27(25)34)30(38)21-37-28-17-9-14-24-13-8-15-26(31(24)28)33(37)40/h3-17,22,29H,18-21H2,1-2H3,(H,35,39). The van der Waals surface area contributed by atoms with Gasteiger partial charge in [0.25, 0.3) is 5.91 Å². The van der Waals surface area contributed by atoms with Crippen molar-refractivity contribution >= 4 is 45.8 Å². The fourth-order valence-electron chi connectivity index (χ4n) is 5.15. The number of halogens is 1. The number of carbonyl (C=O) groups is 3. The van der Waals surface area contributed by atoms with E-state index in [1.807, 2.05) is 92.7 Å². The molecule has 7 heteroatoms. The highest BCUT2D eigenvalue weighted by atomic mass is 35.5. The van der Waals surface area contributed by atoms with Gasteiger partial charge in [0.05, 0.1) is 5.69 Å². The fraction of sp³-hybridized carbons (Fsp3) is 0.242. The Morgan fingerprint density at radius 1 is 0.900 bits per heavy atom. The van der Waals surface area contributed by atoms with E-state index < -0.39 is 6.04 Å². The summed E-state index contributed by atoms with van der Waals surface area (Å²) in [5.41, 5.74) is 2.94. The predicted octanol–water partition coefficient (Wildman–Crippen LogP) is 5.87. The van der Waals surface area contributed by atoms with E-state index in [2.05, 4.69) is 5.32 Å². The molecule has 0 saturated carbocycles. The van der Waals surface area contributed by atoms with Crippen LogP contribution in [-0.4, -0.2) is 41.8 Å². The molecule has 1 unspecified atom stereocenters. The minimum atomic E-state index is -0.805. The van der Waals surface area contributed by atoms with Crippen molar-refractivity contribution in [1.29, 1.82) is 0 Å². The lowest BCUT2D eigenvalue weighted by Crippen LogP contribution is -2.53. The molecule has 6 nitrogen and oxygen atoms in total. The minimum absolute atomic E-state index is 0.129. The van der Waals surface area contributed by atoms with Crippen LogP contribution < -0.4 is 10.2 Å². The quantitative estimate of drug-likeness (QED) is 0.267. The predicted molar refractivity (Wildman–Crippen MR) is 159 cm³/mol. The van der Waals surface area contributed by atoms with E-state index in [9.17, 15) is 14.4 Å². The van der Waals surface area contributed by atoms with Crippen molar-refractivity contribution in [3.8, 4) is 0 Å². The molecular formula is C33H32ClN3O3. The summed E-state index contributed by atoms with van der Waals surface area (Å²) in [4.78, 5) is 44.5. The first kappa shape index (κ1) is 27.4. The van der Waals surface area contributed by atoms with E-state index in [1.165, 1.54) is 4.90 Å². The highest BCUT2D eigenvalue weighted by molar-refractivity contribution is 6.31. The largest absolute Gasteiger partial charge is 0.354 e. The summed E-state index contributed by atoms with van der Waals surface area (Å²) in [5.74, 6) is -0.549. The molecule has 0 fully saturated rings. The second kappa shape index (κ2) is 11.9. The number of hydrogen-bond acceptors (Lipinski definition) is 3. The first-order valence-corrected chi connectivity index (χ1v) is 13.9. The third-order valence-corrected chi connectivity index (χ3v) is 7.57. The summed E-state index contributed by atoms with van der Waals surface area (Å²) in [5, 5.41) is 5.32. The van der Waals surface area contributed by atoms with Crippen molar-refractivity contribution in [3.05, 3.63) is 113 Å². The zero-order chi connectivity index (χ0) is 28.2. The molecule has 204 valence electrons. The average Bonchev–Trinajstić information content (AvgIpc) is 3.23. The second-order valence-electron chi connectivity index (χ2n) is 10.5. The van der Waals surface area contributed by atoms with Crippen LogP contribution in [0.3, 0.4) is 0 Å². The summed E-state index contributed by atoms with van der Waals surface area (Å²) in [7, 11) is 0. The lowest BCUT2D eigenvalue weighted by atomic mass is 10.0. The molecule has 40 heavy (non-hydrogen) atoms. The van der Waals surface area contributed by atoms with Crippen LogP contribution in [-0.2, 0) is 22.6 Å². The van der Waals surface area contributed by atoms with Crippen LogP contribution >= 0.6 is 11.6 Å². The highest BCUT2D eigenvalue weighted by Crippen LogP contribution is 2.37. The summed E-state index contributed by atoms with van der Waals surface area (Å²) in [6.45, 7) is 4.47. The number of hydrogen-bond donors (Lipinski definition) is 1. The molecule has 0 spiro atoms. The van der Waals surface area contributed by atoms with Crippen LogP contribution in [0.5, 0.6) is 0 Å². The van der Waals surface area contributed by atoms with Crippen molar-refractivity contribution in [2.24, 2.45) is 5.92 Å². The van der Waals surface area contributed by atoms with Gasteiger partial charge in [-0.1, -0.05) is 98.2 Å². The molecule has 1 aliphatic rings. The summed E-state index contributed by atoms with van der Waals surface area (Å²) in [6.07, 6.45) is 0.324. The molecule has 0 aliphatic carbocycles. The lowest BCUT2D eigenvalue weighted by molar-refractivity contribution is -0.140. The van der Waals surface area contributed by atoms with E-state index in [-0.39, 0.29) is 36.7 Å². The van der Waals surface area contributed by atoms with E-state index in [1.54, 1.807) is 17.0 Å². The Bertz CT molecular complexity index is 1550. The fourth-order valence-corrected chi connectivity index (χ4v) is 5.34. The van der Waals surface area contributed by atoms with Gasteiger partial charge in [-0.15, -0.1) is 0 Å². The Morgan fingerprint density at radius 3 is 2.33 bits per heavy atom. The molecular weight excluding hydrogens is 522 g/mol. The van der Waals surface area contributed by atoms with Gasteiger partial charge in [0.1, 0.15) is 12.6 Å². The Kier molecular flexibility index (Phi) is 8.17. The van der Waals surface area contributed by atoms with Gasteiger partial charge in [0.2, 0.25) is 11.8 Å². The molecule has 3 amide bonds. The maximum Gasteiger partial charge on any atom is 0.259 e. The molecule has 4 aromatic rings. The first-order chi connectivity index (χ1) is 19.3. The van der Waals surface area contributed by atoms with Crippen LogP contribution in [0.2, 0.25) is 5.02 Å². The minimum Gasteiger partial charge on any atom is -0.354 e. The number of carbonyl (C=O) groups excluding carboxylic acids is 3. The van der Waals surface area contributed by atoms with Gasteiger partial charge in [-0.3, -0.25) is 19.3 Å². The molecule has 0 aromatic heterocycles. The van der Waals surface area contributed by atoms with Crippen LogP contribution in [0.25, 0.3) is 10.8 Å². The summed E-state index contributed by atoms with van der Waals surface area (Å²) in [6, 6.07) is 27.4. The SMILES string of the molecule is CC(C)CNC(=O)C(Cc1ccccc1)N(Cc1ccccc1Cl)C(=O)CN1C(=O)c2cccc3cccc1c23. The number of amides is 3. The third kappa shape index (κ3) is 5.73. The molecule has 0 bridgehead atoms. The van der Waals surface area contributed by atoms with Gasteiger partial charge in [-0.2, -0.15) is 0 Å². The van der Waals surface area contributed by atoms with E-state index in [0.717, 1.165) is 21.9 Å². The summed E-state index contributed by atoms with van der Waals surface area (Å²) >= 11 is 6.53. The first-order valence-electron chi connectivity index (χ1n) is 13.5. The monoisotopic (exact) mass is 553 g/mol. The molecule has 5 rings (SSSR count). The number of anilines is 1. The van der Waals surface area contributed by atoms with Gasteiger partial charge in [0.15, 0.2) is 0 Å². The van der Waals surface area contributed by atoms with Gasteiger partial charge in [-0.25, -0.2) is 0 Å². The van der Waals surface area contributed by atoms with Gasteiger partial charge in [-0.05, 0) is 40.6 Å². The van der Waals surface area contributed by atoms with Crippen molar-refractivity contribution < 1.29 is 14.4 Å². The van der Waals surface area contributed by atoms with E-state index in [0.29, 0.717) is 29.2 Å². The second-order valence-corrected chi connectivity index (χ2v) is 10.9. The van der Waals surface area contributed by atoms with Crippen molar-refractivity contribution in [2.45, 2.75) is 32.9 Å². The third-order valence-electron chi connectivity index (χ3n) is 7.20. The molecule has 0 radical (unpaired) electrons. The molecule has 1 aliphatic heterocycles. The van der Waals surface area contributed by atoms with Crippen LogP contribution in [0, 0.1) is 5.92 Å². The van der Waals surface area contributed by atoms with E-state index in [4.69, 9.17) is 11.6 Å². The normalized spacial score (nSPS) is 13.1. The number of nitrogens with one attached hydrogen (secondary N) is 1. The summed E-state index contributed by atoms with van der Waals surface area (Å²) < 4.78 is 0. The van der Waals surface area contributed by atoms with Crippen LogP contribution in [0.1, 0.15) is 35.3 Å².